The van der Waals surface area contributed by atoms with E-state index in [0.717, 1.165) is 23.9 Å². The number of benzene rings is 1. The second kappa shape index (κ2) is 12.3. The summed E-state index contributed by atoms with van der Waals surface area (Å²) in [6.07, 6.45) is 12.9. The molecular formula is C24H36N2O3. The van der Waals surface area contributed by atoms with Gasteiger partial charge in [0, 0.05) is 37.0 Å². The van der Waals surface area contributed by atoms with E-state index in [4.69, 9.17) is 4.74 Å². The lowest BCUT2D eigenvalue weighted by Crippen LogP contribution is -2.41. The Bertz CT molecular complexity index is 782. The second-order valence-corrected chi connectivity index (χ2v) is 7.82. The van der Waals surface area contributed by atoms with Gasteiger partial charge in [-0.05, 0) is 18.1 Å². The molecule has 0 spiro atoms. The summed E-state index contributed by atoms with van der Waals surface area (Å²) in [6.45, 7) is 4.64. The zero-order valence-electron chi connectivity index (χ0n) is 18.2. The van der Waals surface area contributed by atoms with Crippen LogP contribution >= 0.6 is 0 Å². The minimum absolute atomic E-state index is 0.233. The summed E-state index contributed by atoms with van der Waals surface area (Å²) in [5.74, 6) is -0.650. The van der Waals surface area contributed by atoms with Crippen LogP contribution in [0.1, 0.15) is 70.8 Å². The minimum Gasteiger partial charge on any atom is -0.467 e. The Labute approximate surface area is 174 Å². The van der Waals surface area contributed by atoms with Crippen molar-refractivity contribution in [1.82, 2.24) is 9.88 Å². The maximum Gasteiger partial charge on any atom is 0.328 e. The van der Waals surface area contributed by atoms with Crippen molar-refractivity contribution in [3.63, 3.8) is 0 Å². The van der Waals surface area contributed by atoms with Crippen molar-refractivity contribution in [2.75, 3.05) is 7.11 Å². The molecule has 1 aromatic heterocycles. The lowest BCUT2D eigenvalue weighted by atomic mass is 10.1. The number of nitrogens with zero attached hydrogens (tertiary/aromatic N) is 1. The first-order valence-electron chi connectivity index (χ1n) is 11.0. The van der Waals surface area contributed by atoms with Crippen LogP contribution in [-0.2, 0) is 27.3 Å². The van der Waals surface area contributed by atoms with Gasteiger partial charge in [0.25, 0.3) is 0 Å². The molecule has 2 rings (SSSR count). The van der Waals surface area contributed by atoms with Gasteiger partial charge >= 0.3 is 5.97 Å². The molecule has 0 aliphatic rings. The smallest absolute Gasteiger partial charge is 0.328 e. The van der Waals surface area contributed by atoms with Crippen LogP contribution in [0, 0.1) is 0 Å². The average Bonchev–Trinajstić information content (AvgIpc) is 3.06. The van der Waals surface area contributed by atoms with Gasteiger partial charge in [-0.1, -0.05) is 70.1 Å². The fourth-order valence-electron chi connectivity index (χ4n) is 3.89. The molecule has 0 aliphatic heterocycles. The summed E-state index contributed by atoms with van der Waals surface area (Å²) >= 11 is 0. The van der Waals surface area contributed by atoms with E-state index in [1.165, 1.54) is 64.5 Å². The maximum atomic E-state index is 12.1. The standard InChI is InChI=1S/C24H36N2O3/c1-4-5-6-7-8-9-10-13-16-26-18-20(21-14-11-12-15-23(21)26)17-22(24(28)29-3)25-19(2)27/h11-12,14-15,18,22H,4-10,13,16-17H2,1-3H3,(H,25,27). The van der Waals surface area contributed by atoms with Gasteiger partial charge in [0.05, 0.1) is 7.11 Å². The van der Waals surface area contributed by atoms with Crippen molar-refractivity contribution in [3.8, 4) is 0 Å². The van der Waals surface area contributed by atoms with Crippen molar-refractivity contribution in [2.45, 2.75) is 84.2 Å². The number of fused-ring (bicyclic) bond motifs is 1. The van der Waals surface area contributed by atoms with E-state index >= 15 is 0 Å². The van der Waals surface area contributed by atoms with E-state index < -0.39 is 12.0 Å². The summed E-state index contributed by atoms with van der Waals surface area (Å²) in [4.78, 5) is 23.6. The molecule has 1 N–H and O–H groups in total. The maximum absolute atomic E-state index is 12.1. The predicted molar refractivity (Wildman–Crippen MR) is 118 cm³/mol. The van der Waals surface area contributed by atoms with Crippen LogP contribution in [-0.4, -0.2) is 29.6 Å². The number of hydrogen-bond donors (Lipinski definition) is 1. The van der Waals surface area contributed by atoms with Gasteiger partial charge in [-0.2, -0.15) is 0 Å². The van der Waals surface area contributed by atoms with Crippen LogP contribution in [0.2, 0.25) is 0 Å². The Morgan fingerprint density at radius 3 is 2.34 bits per heavy atom. The number of amides is 1. The Morgan fingerprint density at radius 1 is 1.03 bits per heavy atom. The van der Waals surface area contributed by atoms with Crippen LogP contribution in [0.15, 0.2) is 30.5 Å². The zero-order valence-corrected chi connectivity index (χ0v) is 18.2. The molecule has 0 saturated carbocycles. The molecule has 1 atom stereocenters. The highest BCUT2D eigenvalue weighted by molar-refractivity contribution is 5.87. The number of carbonyl (C=O) groups excluding carboxylic acids is 2. The SMILES string of the molecule is CCCCCCCCCCn1cc(CC(NC(C)=O)C(=O)OC)c2ccccc21. The fraction of sp³-hybridized carbons (Fsp3) is 0.583. The van der Waals surface area contributed by atoms with E-state index in [1.807, 2.05) is 12.1 Å². The van der Waals surface area contributed by atoms with Crippen molar-refractivity contribution >= 4 is 22.8 Å². The summed E-state index contributed by atoms with van der Waals surface area (Å²) in [6, 6.07) is 7.59. The molecule has 0 radical (unpaired) electrons. The third-order valence-corrected chi connectivity index (χ3v) is 5.41. The molecule has 1 heterocycles. The first-order chi connectivity index (χ1) is 14.1. The van der Waals surface area contributed by atoms with Crippen molar-refractivity contribution in [1.29, 1.82) is 0 Å². The number of carbonyl (C=O) groups is 2. The fourth-order valence-corrected chi connectivity index (χ4v) is 3.89. The van der Waals surface area contributed by atoms with Crippen LogP contribution < -0.4 is 5.32 Å². The highest BCUT2D eigenvalue weighted by atomic mass is 16.5. The number of ether oxygens (including phenoxy) is 1. The number of unbranched alkanes of at least 4 members (excludes halogenated alkanes) is 7. The summed E-state index contributed by atoms with van der Waals surface area (Å²) < 4.78 is 7.15. The number of rotatable bonds is 13. The molecule has 160 valence electrons. The molecule has 0 fully saturated rings. The number of esters is 1. The number of aryl methyl sites for hydroxylation is 1. The van der Waals surface area contributed by atoms with E-state index in [0.29, 0.717) is 6.42 Å². The van der Waals surface area contributed by atoms with Crippen LogP contribution in [0.5, 0.6) is 0 Å². The first kappa shape index (κ1) is 23.0. The molecule has 1 aromatic carbocycles. The molecule has 1 amide bonds. The second-order valence-electron chi connectivity index (χ2n) is 7.82. The summed E-state index contributed by atoms with van der Waals surface area (Å²) in [7, 11) is 1.35. The highest BCUT2D eigenvalue weighted by Gasteiger charge is 2.22. The largest absolute Gasteiger partial charge is 0.467 e. The lowest BCUT2D eigenvalue weighted by molar-refractivity contribution is -0.144. The molecule has 0 aliphatic carbocycles. The third-order valence-electron chi connectivity index (χ3n) is 5.41. The van der Waals surface area contributed by atoms with E-state index in [2.05, 4.69) is 35.1 Å². The molecule has 0 saturated heterocycles. The molecular weight excluding hydrogens is 364 g/mol. The molecule has 2 aromatic rings. The van der Waals surface area contributed by atoms with Crippen molar-refractivity contribution in [3.05, 3.63) is 36.0 Å². The van der Waals surface area contributed by atoms with E-state index in [1.54, 1.807) is 0 Å². The normalized spacial score (nSPS) is 12.1. The number of methoxy groups -OCH3 is 1. The first-order valence-corrected chi connectivity index (χ1v) is 11.0. The van der Waals surface area contributed by atoms with Gasteiger partial charge in [0.15, 0.2) is 0 Å². The average molecular weight is 401 g/mol. The topological polar surface area (TPSA) is 60.3 Å². The summed E-state index contributed by atoms with van der Waals surface area (Å²) in [5, 5.41) is 3.84. The number of hydrogen-bond acceptors (Lipinski definition) is 3. The van der Waals surface area contributed by atoms with Crippen molar-refractivity contribution < 1.29 is 14.3 Å². The Kier molecular flexibility index (Phi) is 9.75. The molecule has 0 bridgehead atoms. The third kappa shape index (κ3) is 7.22. The Balaban J connectivity index is 2.00. The van der Waals surface area contributed by atoms with Crippen LogP contribution in [0.3, 0.4) is 0 Å². The van der Waals surface area contributed by atoms with Gasteiger partial charge in [-0.15, -0.1) is 0 Å². The molecule has 1 unspecified atom stereocenters. The molecule has 29 heavy (non-hydrogen) atoms. The minimum atomic E-state index is -0.667. The van der Waals surface area contributed by atoms with Gasteiger partial charge < -0.3 is 14.6 Å². The highest BCUT2D eigenvalue weighted by Crippen LogP contribution is 2.24. The van der Waals surface area contributed by atoms with E-state index in [9.17, 15) is 9.59 Å². The van der Waals surface area contributed by atoms with Gasteiger partial charge in [-0.3, -0.25) is 4.79 Å². The lowest BCUT2D eigenvalue weighted by Gasteiger charge is -2.14. The Hall–Kier alpha value is -2.30. The number of nitrogens with one attached hydrogen (secondary N) is 1. The zero-order chi connectivity index (χ0) is 21.1. The number of para-hydroxylation sites is 1. The summed E-state index contributed by atoms with van der Waals surface area (Å²) in [5.41, 5.74) is 2.24. The van der Waals surface area contributed by atoms with Crippen molar-refractivity contribution in [2.24, 2.45) is 0 Å². The van der Waals surface area contributed by atoms with Gasteiger partial charge in [0.1, 0.15) is 6.04 Å². The monoisotopic (exact) mass is 400 g/mol. The van der Waals surface area contributed by atoms with Crippen LogP contribution in [0.25, 0.3) is 10.9 Å². The molecule has 5 heteroatoms. The molecule has 5 nitrogen and oxygen atoms in total. The van der Waals surface area contributed by atoms with Crippen LogP contribution in [0.4, 0.5) is 0 Å². The number of aromatic nitrogens is 1. The quantitative estimate of drug-likeness (QED) is 0.380. The van der Waals surface area contributed by atoms with E-state index in [-0.39, 0.29) is 5.91 Å². The Morgan fingerprint density at radius 2 is 1.69 bits per heavy atom. The predicted octanol–water partition coefficient (Wildman–Crippen LogP) is 5.00. The van der Waals surface area contributed by atoms with Gasteiger partial charge in [-0.25, -0.2) is 4.79 Å². The van der Waals surface area contributed by atoms with Gasteiger partial charge in [0.2, 0.25) is 5.91 Å².